The largest absolute Gasteiger partial charge is 0.481 e. The Morgan fingerprint density at radius 2 is 1.72 bits per heavy atom. The summed E-state index contributed by atoms with van der Waals surface area (Å²) in [6.45, 7) is 0. The molecule has 2 N–H and O–H groups in total. The lowest BCUT2D eigenvalue weighted by Crippen LogP contribution is -2.37. The van der Waals surface area contributed by atoms with Crippen molar-refractivity contribution < 1.29 is 22.7 Å². The van der Waals surface area contributed by atoms with E-state index >= 15 is 0 Å². The van der Waals surface area contributed by atoms with E-state index < -0.39 is 33.6 Å². The van der Waals surface area contributed by atoms with Crippen LogP contribution in [0, 0.1) is 5.82 Å². The van der Waals surface area contributed by atoms with E-state index in [0.29, 0.717) is 6.42 Å². The summed E-state index contributed by atoms with van der Waals surface area (Å²) in [6.07, 6.45) is 0.366. The normalized spacial score (nSPS) is 12.7. The van der Waals surface area contributed by atoms with Gasteiger partial charge in [-0.15, -0.1) is 0 Å². The third kappa shape index (κ3) is 6.64. The number of sulfonamides is 1. The SMILES string of the molecule is O=C(O)CCC(Cc1ccccc1)NS(=O)(=O)Cc1ccccc1F. The molecule has 1 atom stereocenters. The van der Waals surface area contributed by atoms with Crippen molar-refractivity contribution in [1.82, 2.24) is 4.72 Å². The number of carboxylic acids is 1. The summed E-state index contributed by atoms with van der Waals surface area (Å²) in [6, 6.07) is 14.3. The van der Waals surface area contributed by atoms with Crippen LogP contribution in [0.3, 0.4) is 0 Å². The first-order valence-corrected chi connectivity index (χ1v) is 9.50. The topological polar surface area (TPSA) is 83.5 Å². The lowest BCUT2D eigenvalue weighted by Gasteiger charge is -2.18. The number of carboxylic acid groups (broad SMARTS) is 1. The van der Waals surface area contributed by atoms with Crippen LogP contribution in [0.5, 0.6) is 0 Å². The van der Waals surface area contributed by atoms with Gasteiger partial charge in [-0.05, 0) is 24.5 Å². The third-order valence-electron chi connectivity index (χ3n) is 3.68. The molecule has 0 aliphatic heterocycles. The van der Waals surface area contributed by atoms with Crippen LogP contribution in [-0.2, 0) is 27.0 Å². The molecule has 0 aromatic heterocycles. The molecule has 0 spiro atoms. The summed E-state index contributed by atoms with van der Waals surface area (Å²) in [7, 11) is -3.81. The number of hydrogen-bond acceptors (Lipinski definition) is 3. The molecule has 7 heteroatoms. The molecule has 0 aliphatic carbocycles. The van der Waals surface area contributed by atoms with E-state index in [1.54, 1.807) is 6.07 Å². The van der Waals surface area contributed by atoms with Gasteiger partial charge in [0, 0.05) is 18.0 Å². The van der Waals surface area contributed by atoms with Crippen LogP contribution < -0.4 is 4.72 Å². The minimum Gasteiger partial charge on any atom is -0.481 e. The summed E-state index contributed by atoms with van der Waals surface area (Å²) >= 11 is 0. The summed E-state index contributed by atoms with van der Waals surface area (Å²) < 4.78 is 40.9. The van der Waals surface area contributed by atoms with Crippen molar-refractivity contribution in [1.29, 1.82) is 0 Å². The van der Waals surface area contributed by atoms with Crippen LogP contribution in [0.4, 0.5) is 4.39 Å². The Bertz CT molecular complexity index is 809. The molecule has 0 aliphatic rings. The van der Waals surface area contributed by atoms with Gasteiger partial charge in [0.25, 0.3) is 0 Å². The number of carbonyl (C=O) groups is 1. The van der Waals surface area contributed by atoms with Crippen LogP contribution >= 0.6 is 0 Å². The minimum atomic E-state index is -3.81. The lowest BCUT2D eigenvalue weighted by molar-refractivity contribution is -0.137. The van der Waals surface area contributed by atoms with Gasteiger partial charge in [-0.25, -0.2) is 17.5 Å². The fraction of sp³-hybridized carbons (Fsp3) is 0.278. The van der Waals surface area contributed by atoms with E-state index in [1.165, 1.54) is 18.2 Å². The van der Waals surface area contributed by atoms with Crippen LogP contribution in [0.15, 0.2) is 54.6 Å². The van der Waals surface area contributed by atoms with E-state index in [2.05, 4.69) is 4.72 Å². The van der Waals surface area contributed by atoms with Gasteiger partial charge in [0.1, 0.15) is 5.82 Å². The van der Waals surface area contributed by atoms with Crippen molar-refractivity contribution in [3.8, 4) is 0 Å². The van der Waals surface area contributed by atoms with Crippen LogP contribution in [-0.4, -0.2) is 25.5 Å². The predicted octanol–water partition coefficient (Wildman–Crippen LogP) is 2.72. The number of aliphatic carboxylic acids is 1. The summed E-state index contributed by atoms with van der Waals surface area (Å²) in [5, 5.41) is 8.87. The highest BCUT2D eigenvalue weighted by Gasteiger charge is 2.21. The second kappa shape index (κ2) is 8.73. The summed E-state index contributed by atoms with van der Waals surface area (Å²) in [5.74, 6) is -2.07. The summed E-state index contributed by atoms with van der Waals surface area (Å²) in [5.41, 5.74) is 0.971. The quantitative estimate of drug-likeness (QED) is 0.716. The molecule has 5 nitrogen and oxygen atoms in total. The smallest absolute Gasteiger partial charge is 0.303 e. The Morgan fingerprint density at radius 3 is 2.36 bits per heavy atom. The monoisotopic (exact) mass is 365 g/mol. The second-order valence-corrected chi connectivity index (χ2v) is 7.54. The van der Waals surface area contributed by atoms with Gasteiger partial charge >= 0.3 is 5.97 Å². The highest BCUT2D eigenvalue weighted by molar-refractivity contribution is 7.88. The zero-order valence-corrected chi connectivity index (χ0v) is 14.4. The van der Waals surface area contributed by atoms with Crippen molar-refractivity contribution >= 4 is 16.0 Å². The maximum atomic E-state index is 13.7. The molecule has 1 unspecified atom stereocenters. The fourth-order valence-corrected chi connectivity index (χ4v) is 3.95. The molecule has 2 aromatic carbocycles. The van der Waals surface area contributed by atoms with Crippen molar-refractivity contribution in [3.63, 3.8) is 0 Å². The van der Waals surface area contributed by atoms with Crippen molar-refractivity contribution in [2.75, 3.05) is 0 Å². The lowest BCUT2D eigenvalue weighted by atomic mass is 10.0. The average Bonchev–Trinajstić information content (AvgIpc) is 2.55. The van der Waals surface area contributed by atoms with Gasteiger partial charge in [-0.2, -0.15) is 0 Å². The average molecular weight is 365 g/mol. The van der Waals surface area contributed by atoms with Crippen molar-refractivity contribution in [3.05, 3.63) is 71.5 Å². The molecule has 2 aromatic rings. The van der Waals surface area contributed by atoms with Gasteiger partial charge < -0.3 is 5.11 Å². The molecule has 0 saturated carbocycles. The zero-order valence-electron chi connectivity index (χ0n) is 13.6. The van der Waals surface area contributed by atoms with E-state index in [4.69, 9.17) is 5.11 Å². The van der Waals surface area contributed by atoms with Gasteiger partial charge in [0.15, 0.2) is 0 Å². The highest BCUT2D eigenvalue weighted by Crippen LogP contribution is 2.13. The van der Waals surface area contributed by atoms with Gasteiger partial charge in [0.2, 0.25) is 10.0 Å². The second-order valence-electron chi connectivity index (χ2n) is 5.79. The maximum Gasteiger partial charge on any atom is 0.303 e. The third-order valence-corrected chi connectivity index (χ3v) is 5.06. The molecule has 0 bridgehead atoms. The van der Waals surface area contributed by atoms with E-state index in [-0.39, 0.29) is 18.4 Å². The molecule has 25 heavy (non-hydrogen) atoms. The molecule has 0 heterocycles. The Kier molecular flexibility index (Phi) is 6.66. The number of rotatable bonds is 9. The minimum absolute atomic E-state index is 0.0756. The van der Waals surface area contributed by atoms with Crippen LogP contribution in [0.1, 0.15) is 24.0 Å². The first kappa shape index (κ1) is 19.1. The van der Waals surface area contributed by atoms with E-state index in [0.717, 1.165) is 5.56 Å². The Hall–Kier alpha value is -2.25. The molecular formula is C18H20FNO4S. The number of nitrogens with one attached hydrogen (secondary N) is 1. The Morgan fingerprint density at radius 1 is 1.08 bits per heavy atom. The molecule has 0 fully saturated rings. The molecule has 0 amide bonds. The number of halogens is 1. The number of benzene rings is 2. The standard InChI is InChI=1S/C18H20FNO4S/c19-17-9-5-4-8-15(17)13-25(23,24)20-16(10-11-18(21)22)12-14-6-2-1-3-7-14/h1-9,16,20H,10-13H2,(H,21,22). The molecule has 0 radical (unpaired) electrons. The predicted molar refractivity (Wildman–Crippen MR) is 93.0 cm³/mol. The van der Waals surface area contributed by atoms with Crippen molar-refractivity contribution in [2.45, 2.75) is 31.1 Å². The molecule has 2 rings (SSSR count). The van der Waals surface area contributed by atoms with Crippen LogP contribution in [0.25, 0.3) is 0 Å². The highest BCUT2D eigenvalue weighted by atomic mass is 32.2. The Balaban J connectivity index is 2.10. The van der Waals surface area contributed by atoms with Gasteiger partial charge in [-0.1, -0.05) is 48.5 Å². The van der Waals surface area contributed by atoms with E-state index in [1.807, 2.05) is 30.3 Å². The molecular weight excluding hydrogens is 345 g/mol. The van der Waals surface area contributed by atoms with Crippen molar-refractivity contribution in [2.24, 2.45) is 0 Å². The molecule has 0 saturated heterocycles. The summed E-state index contributed by atoms with van der Waals surface area (Å²) in [4.78, 5) is 10.8. The van der Waals surface area contributed by atoms with Gasteiger partial charge in [-0.3, -0.25) is 4.79 Å². The first-order chi connectivity index (χ1) is 11.9. The fourth-order valence-electron chi connectivity index (χ4n) is 2.51. The molecule has 134 valence electrons. The van der Waals surface area contributed by atoms with Crippen LogP contribution in [0.2, 0.25) is 0 Å². The Labute approximate surface area is 146 Å². The van der Waals surface area contributed by atoms with E-state index in [9.17, 15) is 17.6 Å². The first-order valence-electron chi connectivity index (χ1n) is 7.85. The maximum absolute atomic E-state index is 13.7. The van der Waals surface area contributed by atoms with Gasteiger partial charge in [0.05, 0.1) is 5.75 Å². The number of hydrogen-bond donors (Lipinski definition) is 2. The zero-order chi connectivity index (χ0) is 18.3.